The van der Waals surface area contributed by atoms with Crippen LogP contribution in [-0.2, 0) is 9.53 Å². The fourth-order valence-corrected chi connectivity index (χ4v) is 2.70. The van der Waals surface area contributed by atoms with Crippen molar-refractivity contribution in [1.82, 2.24) is 5.32 Å². The SMILES string of the molecule is CC(C)(C)OC(=O)C1C[C@H]2CCC[C@H]2N1. The van der Waals surface area contributed by atoms with Crippen LogP contribution in [0.1, 0.15) is 46.5 Å². The average molecular weight is 211 g/mol. The van der Waals surface area contributed by atoms with Crippen molar-refractivity contribution in [2.45, 2.75) is 64.1 Å². The molecule has 0 bridgehead atoms. The van der Waals surface area contributed by atoms with Crippen molar-refractivity contribution in [2.75, 3.05) is 0 Å². The number of esters is 1. The van der Waals surface area contributed by atoms with E-state index in [-0.39, 0.29) is 17.6 Å². The smallest absolute Gasteiger partial charge is 0.323 e. The third-order valence-corrected chi connectivity index (χ3v) is 3.30. The Labute approximate surface area is 91.6 Å². The Morgan fingerprint density at radius 3 is 2.67 bits per heavy atom. The Balaban J connectivity index is 1.88. The van der Waals surface area contributed by atoms with Crippen molar-refractivity contribution in [1.29, 1.82) is 0 Å². The van der Waals surface area contributed by atoms with Gasteiger partial charge in [0.2, 0.25) is 0 Å². The minimum atomic E-state index is -0.365. The Kier molecular flexibility index (Phi) is 2.75. The summed E-state index contributed by atoms with van der Waals surface area (Å²) in [5.41, 5.74) is -0.365. The lowest BCUT2D eigenvalue weighted by Gasteiger charge is -2.22. The summed E-state index contributed by atoms with van der Waals surface area (Å²) in [6.45, 7) is 5.75. The van der Waals surface area contributed by atoms with E-state index in [2.05, 4.69) is 5.32 Å². The predicted molar refractivity (Wildman–Crippen MR) is 58.5 cm³/mol. The Hall–Kier alpha value is -0.570. The number of fused-ring (bicyclic) bond motifs is 1. The first kappa shape index (κ1) is 10.9. The van der Waals surface area contributed by atoms with Crippen LogP contribution in [0.4, 0.5) is 0 Å². The number of hydrogen-bond acceptors (Lipinski definition) is 3. The summed E-state index contributed by atoms with van der Waals surface area (Å²) in [5, 5.41) is 3.40. The molecule has 0 aromatic rings. The topological polar surface area (TPSA) is 38.3 Å². The Bertz CT molecular complexity index is 245. The molecule has 1 aliphatic heterocycles. The lowest BCUT2D eigenvalue weighted by molar-refractivity contribution is -0.157. The highest BCUT2D eigenvalue weighted by atomic mass is 16.6. The first-order valence-corrected chi connectivity index (χ1v) is 5.94. The molecule has 1 heterocycles. The van der Waals surface area contributed by atoms with Crippen molar-refractivity contribution >= 4 is 5.97 Å². The molecule has 3 nitrogen and oxygen atoms in total. The summed E-state index contributed by atoms with van der Waals surface area (Å²) in [7, 11) is 0. The molecular formula is C12H21NO2. The number of nitrogens with one attached hydrogen (secondary N) is 1. The maximum Gasteiger partial charge on any atom is 0.323 e. The second-order valence-electron chi connectivity index (χ2n) is 5.79. The number of ether oxygens (including phenoxy) is 1. The average Bonchev–Trinajstić information content (AvgIpc) is 2.56. The van der Waals surface area contributed by atoms with Gasteiger partial charge in [-0.3, -0.25) is 4.79 Å². The van der Waals surface area contributed by atoms with Crippen molar-refractivity contribution in [3.63, 3.8) is 0 Å². The van der Waals surface area contributed by atoms with Gasteiger partial charge < -0.3 is 10.1 Å². The monoisotopic (exact) mass is 211 g/mol. The lowest BCUT2D eigenvalue weighted by atomic mass is 10.0. The predicted octanol–water partition coefficient (Wildman–Crippen LogP) is 1.86. The van der Waals surface area contributed by atoms with Gasteiger partial charge >= 0.3 is 5.97 Å². The zero-order chi connectivity index (χ0) is 11.1. The second-order valence-corrected chi connectivity index (χ2v) is 5.79. The molecule has 3 atom stereocenters. The third-order valence-electron chi connectivity index (χ3n) is 3.30. The summed E-state index contributed by atoms with van der Waals surface area (Å²) >= 11 is 0. The van der Waals surface area contributed by atoms with Crippen LogP contribution < -0.4 is 5.32 Å². The van der Waals surface area contributed by atoms with E-state index in [1.165, 1.54) is 19.3 Å². The van der Waals surface area contributed by atoms with Crippen LogP contribution in [0.25, 0.3) is 0 Å². The minimum absolute atomic E-state index is 0.0560. The summed E-state index contributed by atoms with van der Waals surface area (Å²) in [5.74, 6) is 0.638. The third kappa shape index (κ3) is 2.51. The number of carbonyl (C=O) groups is 1. The number of rotatable bonds is 1. The van der Waals surface area contributed by atoms with Gasteiger partial charge in [-0.1, -0.05) is 6.42 Å². The minimum Gasteiger partial charge on any atom is -0.459 e. The summed E-state index contributed by atoms with van der Waals surface area (Å²) < 4.78 is 5.39. The second kappa shape index (κ2) is 3.78. The van der Waals surface area contributed by atoms with Crippen LogP contribution in [-0.4, -0.2) is 23.7 Å². The highest BCUT2D eigenvalue weighted by Gasteiger charge is 2.41. The van der Waals surface area contributed by atoms with Gasteiger partial charge in [0.05, 0.1) is 0 Å². The number of hydrogen-bond donors (Lipinski definition) is 1. The molecule has 3 heteroatoms. The van der Waals surface area contributed by atoms with E-state index in [0.29, 0.717) is 12.0 Å². The van der Waals surface area contributed by atoms with E-state index in [0.717, 1.165) is 6.42 Å². The largest absolute Gasteiger partial charge is 0.459 e. The molecule has 86 valence electrons. The fraction of sp³-hybridized carbons (Fsp3) is 0.917. The first-order chi connectivity index (χ1) is 6.96. The van der Waals surface area contributed by atoms with Gasteiger partial charge in [0.1, 0.15) is 11.6 Å². The molecule has 15 heavy (non-hydrogen) atoms. The van der Waals surface area contributed by atoms with Gasteiger partial charge in [-0.25, -0.2) is 0 Å². The zero-order valence-electron chi connectivity index (χ0n) is 9.88. The van der Waals surface area contributed by atoms with Gasteiger partial charge in [-0.15, -0.1) is 0 Å². The molecule has 1 aliphatic carbocycles. The van der Waals surface area contributed by atoms with Crippen LogP contribution in [0, 0.1) is 5.92 Å². The van der Waals surface area contributed by atoms with E-state index >= 15 is 0 Å². The Morgan fingerprint density at radius 2 is 2.07 bits per heavy atom. The van der Waals surface area contributed by atoms with Gasteiger partial charge in [0, 0.05) is 6.04 Å². The van der Waals surface area contributed by atoms with Gasteiger partial charge in [0.15, 0.2) is 0 Å². The normalized spacial score (nSPS) is 35.3. The van der Waals surface area contributed by atoms with Crippen LogP contribution in [0.2, 0.25) is 0 Å². The highest BCUT2D eigenvalue weighted by molar-refractivity contribution is 5.76. The van der Waals surface area contributed by atoms with Crippen molar-refractivity contribution < 1.29 is 9.53 Å². The molecule has 1 saturated heterocycles. The molecule has 0 radical (unpaired) electrons. The summed E-state index contributed by atoms with van der Waals surface area (Å²) in [6, 6.07) is 0.516. The quantitative estimate of drug-likeness (QED) is 0.673. The maximum absolute atomic E-state index is 11.8. The molecule has 1 saturated carbocycles. The van der Waals surface area contributed by atoms with Crippen molar-refractivity contribution in [3.8, 4) is 0 Å². The summed E-state index contributed by atoms with van der Waals surface area (Å²) in [4.78, 5) is 11.8. The molecule has 1 unspecified atom stereocenters. The zero-order valence-corrected chi connectivity index (χ0v) is 9.88. The van der Waals surface area contributed by atoms with E-state index in [4.69, 9.17) is 4.74 Å². The fourth-order valence-electron chi connectivity index (χ4n) is 2.70. The molecule has 2 fully saturated rings. The highest BCUT2D eigenvalue weighted by Crippen LogP contribution is 2.35. The molecule has 1 N–H and O–H groups in total. The van der Waals surface area contributed by atoms with Gasteiger partial charge in [-0.05, 0) is 46.0 Å². The van der Waals surface area contributed by atoms with Gasteiger partial charge in [-0.2, -0.15) is 0 Å². The maximum atomic E-state index is 11.8. The van der Waals surface area contributed by atoms with Crippen molar-refractivity contribution in [3.05, 3.63) is 0 Å². The van der Waals surface area contributed by atoms with E-state index < -0.39 is 0 Å². The Morgan fingerprint density at radius 1 is 1.33 bits per heavy atom. The van der Waals surface area contributed by atoms with Gasteiger partial charge in [0.25, 0.3) is 0 Å². The molecule has 0 aromatic heterocycles. The van der Waals surface area contributed by atoms with E-state index in [1.807, 2.05) is 20.8 Å². The van der Waals surface area contributed by atoms with Crippen molar-refractivity contribution in [2.24, 2.45) is 5.92 Å². The molecule has 2 rings (SSSR count). The molecule has 0 spiro atoms. The summed E-state index contributed by atoms with van der Waals surface area (Å²) in [6.07, 6.45) is 4.78. The van der Waals surface area contributed by atoms with Crippen LogP contribution in [0.15, 0.2) is 0 Å². The van der Waals surface area contributed by atoms with Crippen LogP contribution in [0.3, 0.4) is 0 Å². The van der Waals surface area contributed by atoms with Crippen LogP contribution in [0.5, 0.6) is 0 Å². The van der Waals surface area contributed by atoms with Crippen LogP contribution >= 0.6 is 0 Å². The van der Waals surface area contributed by atoms with E-state index in [9.17, 15) is 4.79 Å². The molecular weight excluding hydrogens is 190 g/mol. The molecule has 0 amide bonds. The molecule has 0 aromatic carbocycles. The standard InChI is InChI=1S/C12H21NO2/c1-12(2,3)15-11(14)10-7-8-5-4-6-9(8)13-10/h8-10,13H,4-7H2,1-3H3/t8-,9-,10?/m1/s1. The van der Waals surface area contributed by atoms with E-state index in [1.54, 1.807) is 0 Å². The number of carbonyl (C=O) groups excluding carboxylic acids is 1. The lowest BCUT2D eigenvalue weighted by Crippen LogP contribution is -2.39. The first-order valence-electron chi connectivity index (χ1n) is 5.94. The molecule has 2 aliphatic rings.